The number of aromatic amines is 1. The molecular weight excluding hydrogens is 347 g/mol. The number of H-pyrrole nitrogens is 1. The van der Waals surface area contributed by atoms with E-state index in [0.29, 0.717) is 23.6 Å². The van der Waals surface area contributed by atoms with Gasteiger partial charge in [0, 0.05) is 23.6 Å². The van der Waals surface area contributed by atoms with Crippen LogP contribution in [0.5, 0.6) is 11.5 Å². The van der Waals surface area contributed by atoms with Crippen LogP contribution in [0.15, 0.2) is 42.6 Å². The van der Waals surface area contributed by atoms with Gasteiger partial charge >= 0.3 is 0 Å². The monoisotopic (exact) mass is 368 g/mol. The molecule has 1 aliphatic rings. The second-order valence-electron chi connectivity index (χ2n) is 6.85. The highest BCUT2D eigenvalue weighted by Gasteiger charge is 2.52. The fourth-order valence-corrected chi connectivity index (χ4v) is 3.58. The van der Waals surface area contributed by atoms with Crippen LogP contribution in [-0.4, -0.2) is 25.1 Å². The highest BCUT2D eigenvalue weighted by molar-refractivity contribution is 5.97. The van der Waals surface area contributed by atoms with E-state index in [-0.39, 0.29) is 11.7 Å². The molecule has 2 aromatic carbocycles. The summed E-state index contributed by atoms with van der Waals surface area (Å²) < 4.78 is 24.0. The summed E-state index contributed by atoms with van der Waals surface area (Å²) in [6.45, 7) is 0.401. The van der Waals surface area contributed by atoms with E-state index >= 15 is 0 Å². The van der Waals surface area contributed by atoms with Crippen molar-refractivity contribution in [3.63, 3.8) is 0 Å². The number of aromatic nitrogens is 1. The summed E-state index contributed by atoms with van der Waals surface area (Å²) in [4.78, 5) is 16.0. The molecule has 0 saturated heterocycles. The lowest BCUT2D eigenvalue weighted by atomic mass is 9.94. The highest BCUT2D eigenvalue weighted by Crippen LogP contribution is 2.50. The normalized spacial score (nSPS) is 14.8. The Morgan fingerprint density at radius 3 is 2.63 bits per heavy atom. The van der Waals surface area contributed by atoms with E-state index in [2.05, 4.69) is 10.3 Å². The summed E-state index contributed by atoms with van der Waals surface area (Å²) in [5.74, 6) is 0.975. The Balaban J connectivity index is 1.53. The Bertz CT molecular complexity index is 1010. The van der Waals surface area contributed by atoms with E-state index in [1.165, 1.54) is 12.1 Å². The minimum Gasteiger partial charge on any atom is -0.493 e. The predicted molar refractivity (Wildman–Crippen MR) is 101 cm³/mol. The average Bonchev–Trinajstić information content (AvgIpc) is 3.39. The number of rotatable bonds is 6. The molecule has 1 heterocycles. The molecule has 3 aromatic rings. The predicted octanol–water partition coefficient (Wildman–Crippen LogP) is 3.67. The van der Waals surface area contributed by atoms with Gasteiger partial charge in [-0.05, 0) is 54.3 Å². The number of halogens is 1. The summed E-state index contributed by atoms with van der Waals surface area (Å²) in [6, 6.07) is 10.2. The van der Waals surface area contributed by atoms with Crippen LogP contribution >= 0.6 is 0 Å². The smallest absolute Gasteiger partial charge is 0.231 e. The van der Waals surface area contributed by atoms with Crippen LogP contribution in [-0.2, 0) is 16.8 Å². The van der Waals surface area contributed by atoms with Crippen molar-refractivity contribution in [2.45, 2.75) is 24.8 Å². The van der Waals surface area contributed by atoms with E-state index in [4.69, 9.17) is 9.47 Å². The summed E-state index contributed by atoms with van der Waals surface area (Å²) in [7, 11) is 3.17. The van der Waals surface area contributed by atoms with Crippen molar-refractivity contribution in [2.75, 3.05) is 14.2 Å². The average molecular weight is 368 g/mol. The maximum atomic E-state index is 13.4. The van der Waals surface area contributed by atoms with E-state index in [1.54, 1.807) is 20.3 Å². The van der Waals surface area contributed by atoms with Crippen LogP contribution in [0.25, 0.3) is 10.9 Å². The quantitative estimate of drug-likeness (QED) is 0.698. The van der Waals surface area contributed by atoms with Gasteiger partial charge in [0.2, 0.25) is 5.91 Å². The SMILES string of the molecule is COc1ccc(CNC(=O)C2(c3c[nH]c4cc(F)ccc34)CC2)cc1OC. The highest BCUT2D eigenvalue weighted by atomic mass is 19.1. The van der Waals surface area contributed by atoms with Crippen molar-refractivity contribution < 1.29 is 18.7 Å². The van der Waals surface area contributed by atoms with Crippen LogP contribution in [0.1, 0.15) is 24.0 Å². The summed E-state index contributed by atoms with van der Waals surface area (Å²) >= 11 is 0. The molecule has 0 spiro atoms. The Hall–Kier alpha value is -3.02. The van der Waals surface area contributed by atoms with Crippen LogP contribution in [0.2, 0.25) is 0 Å². The lowest BCUT2D eigenvalue weighted by Gasteiger charge is -2.16. The molecule has 140 valence electrons. The zero-order chi connectivity index (χ0) is 19.0. The third-order valence-electron chi connectivity index (χ3n) is 5.25. The minimum absolute atomic E-state index is 0.0116. The van der Waals surface area contributed by atoms with E-state index in [0.717, 1.165) is 29.4 Å². The van der Waals surface area contributed by atoms with Crippen LogP contribution in [0.4, 0.5) is 4.39 Å². The number of nitrogens with one attached hydrogen (secondary N) is 2. The van der Waals surface area contributed by atoms with Crippen LogP contribution in [0, 0.1) is 5.82 Å². The maximum absolute atomic E-state index is 13.4. The molecule has 0 unspecified atom stereocenters. The number of carbonyl (C=O) groups excluding carboxylic acids is 1. The largest absolute Gasteiger partial charge is 0.493 e. The molecule has 2 N–H and O–H groups in total. The van der Waals surface area contributed by atoms with Crippen molar-refractivity contribution in [3.8, 4) is 11.5 Å². The summed E-state index contributed by atoms with van der Waals surface area (Å²) in [5.41, 5.74) is 2.04. The molecule has 0 aliphatic heterocycles. The first-order valence-electron chi connectivity index (χ1n) is 8.84. The number of fused-ring (bicyclic) bond motifs is 1. The molecule has 1 aliphatic carbocycles. The van der Waals surface area contributed by atoms with Gasteiger partial charge in [-0.3, -0.25) is 4.79 Å². The molecule has 0 atom stereocenters. The van der Waals surface area contributed by atoms with Crippen molar-refractivity contribution in [3.05, 3.63) is 59.5 Å². The number of hydrogen-bond acceptors (Lipinski definition) is 3. The fraction of sp³-hybridized carbons (Fsp3) is 0.286. The lowest BCUT2D eigenvalue weighted by molar-refractivity contribution is -0.123. The van der Waals surface area contributed by atoms with Crippen molar-refractivity contribution in [1.82, 2.24) is 10.3 Å². The van der Waals surface area contributed by atoms with Crippen LogP contribution in [0.3, 0.4) is 0 Å². The Kier molecular flexibility index (Phi) is 4.26. The Labute approximate surface area is 156 Å². The molecule has 27 heavy (non-hydrogen) atoms. The fourth-order valence-electron chi connectivity index (χ4n) is 3.58. The topological polar surface area (TPSA) is 63.3 Å². The van der Waals surface area contributed by atoms with E-state index < -0.39 is 5.41 Å². The maximum Gasteiger partial charge on any atom is 0.231 e. The molecule has 0 radical (unpaired) electrons. The van der Waals surface area contributed by atoms with Gasteiger partial charge in [-0.15, -0.1) is 0 Å². The van der Waals surface area contributed by atoms with E-state index in [9.17, 15) is 9.18 Å². The molecule has 4 rings (SSSR count). The molecule has 6 heteroatoms. The van der Waals surface area contributed by atoms with Gasteiger partial charge in [0.1, 0.15) is 5.82 Å². The number of ether oxygens (including phenoxy) is 2. The summed E-state index contributed by atoms with van der Waals surface area (Å²) in [6.07, 6.45) is 3.40. The Morgan fingerprint density at radius 1 is 1.15 bits per heavy atom. The van der Waals surface area contributed by atoms with Gasteiger partial charge in [0.05, 0.1) is 19.6 Å². The molecule has 1 fully saturated rings. The standard InChI is InChI=1S/C21H21FN2O3/c1-26-18-6-3-13(9-19(18)27-2)11-24-20(25)21(7-8-21)16-12-23-17-10-14(22)4-5-15(16)17/h3-6,9-10,12,23H,7-8,11H2,1-2H3,(H,24,25). The Morgan fingerprint density at radius 2 is 1.93 bits per heavy atom. The number of methoxy groups -OCH3 is 2. The van der Waals surface area contributed by atoms with E-state index in [1.807, 2.05) is 24.4 Å². The number of carbonyl (C=O) groups is 1. The van der Waals surface area contributed by atoms with Gasteiger partial charge in [0.25, 0.3) is 0 Å². The van der Waals surface area contributed by atoms with Gasteiger partial charge < -0.3 is 19.8 Å². The lowest BCUT2D eigenvalue weighted by Crippen LogP contribution is -2.34. The molecule has 1 saturated carbocycles. The number of amides is 1. The van der Waals surface area contributed by atoms with Crippen molar-refractivity contribution in [1.29, 1.82) is 0 Å². The van der Waals surface area contributed by atoms with Gasteiger partial charge in [-0.2, -0.15) is 0 Å². The third-order valence-corrected chi connectivity index (χ3v) is 5.25. The second kappa shape index (κ2) is 6.61. The molecular formula is C21H21FN2O3. The number of benzene rings is 2. The first kappa shape index (κ1) is 17.4. The van der Waals surface area contributed by atoms with Gasteiger partial charge in [-0.1, -0.05) is 6.07 Å². The van der Waals surface area contributed by atoms with Gasteiger partial charge in [0.15, 0.2) is 11.5 Å². The molecule has 0 bridgehead atoms. The second-order valence-corrected chi connectivity index (χ2v) is 6.85. The first-order chi connectivity index (χ1) is 13.1. The van der Waals surface area contributed by atoms with Crippen molar-refractivity contribution >= 4 is 16.8 Å². The van der Waals surface area contributed by atoms with Crippen LogP contribution < -0.4 is 14.8 Å². The zero-order valence-corrected chi connectivity index (χ0v) is 15.3. The molecule has 1 aromatic heterocycles. The molecule has 1 amide bonds. The molecule has 5 nitrogen and oxygen atoms in total. The third kappa shape index (κ3) is 3.01. The number of hydrogen-bond donors (Lipinski definition) is 2. The minimum atomic E-state index is -0.535. The zero-order valence-electron chi connectivity index (χ0n) is 15.3. The summed E-state index contributed by atoms with van der Waals surface area (Å²) in [5, 5.41) is 3.93. The first-order valence-corrected chi connectivity index (χ1v) is 8.84. The van der Waals surface area contributed by atoms with Gasteiger partial charge in [-0.25, -0.2) is 4.39 Å². The van der Waals surface area contributed by atoms with Crippen molar-refractivity contribution in [2.24, 2.45) is 0 Å².